The molecule has 0 saturated carbocycles. The molecule has 0 radical (unpaired) electrons. The Morgan fingerprint density at radius 2 is 1.81 bits per heavy atom. The van der Waals surface area contributed by atoms with Crippen LogP contribution in [0.1, 0.15) is 43.2 Å². The van der Waals surface area contributed by atoms with Crippen LogP contribution < -0.4 is 5.32 Å². The minimum absolute atomic E-state index is 0.0337. The summed E-state index contributed by atoms with van der Waals surface area (Å²) in [6, 6.07) is 12.4. The smallest absolute Gasteiger partial charge is 0.410 e. The van der Waals surface area contributed by atoms with Gasteiger partial charge in [0.25, 0.3) is 5.91 Å². The van der Waals surface area contributed by atoms with Crippen LogP contribution in [-0.4, -0.2) is 106 Å². The Bertz CT molecular complexity index is 1600. The normalized spacial score (nSPS) is 18.0. The predicted octanol–water partition coefficient (Wildman–Crippen LogP) is 4.85. The average Bonchev–Trinajstić information content (AvgIpc) is 3.25. The number of urea groups is 1. The molecule has 0 unspecified atom stereocenters. The van der Waals surface area contributed by atoms with Gasteiger partial charge in [-0.25, -0.2) is 9.59 Å². The highest BCUT2D eigenvalue weighted by Gasteiger charge is 2.33. The number of para-hydroxylation sites is 1. The lowest BCUT2D eigenvalue weighted by atomic mass is 9.97. The molecule has 2 aromatic carbocycles. The topological polar surface area (TPSA) is 152 Å². The molecule has 0 aliphatic carbocycles. The molecule has 2 fully saturated rings. The second kappa shape index (κ2) is 16.6. The first-order chi connectivity index (χ1) is 23.2. The van der Waals surface area contributed by atoms with Gasteiger partial charge in [0, 0.05) is 50.2 Å². The van der Waals surface area contributed by atoms with Crippen LogP contribution in [0.4, 0.5) is 15.3 Å². The largest absolute Gasteiger partial charge is 0.507 e. The van der Waals surface area contributed by atoms with Gasteiger partial charge in [0.2, 0.25) is 0 Å². The van der Waals surface area contributed by atoms with E-state index in [9.17, 15) is 24.3 Å². The number of aliphatic carboxylic acids is 1. The summed E-state index contributed by atoms with van der Waals surface area (Å²) in [5.74, 6) is 1.32. The van der Waals surface area contributed by atoms with Gasteiger partial charge < -0.3 is 35.0 Å². The van der Waals surface area contributed by atoms with Crippen molar-refractivity contribution in [1.82, 2.24) is 14.7 Å². The number of piperidine rings is 2. The van der Waals surface area contributed by atoms with Crippen molar-refractivity contribution in [3.05, 3.63) is 69.9 Å². The number of carbonyl (C=O) groups is 4. The van der Waals surface area contributed by atoms with Crippen LogP contribution in [0, 0.1) is 5.92 Å². The van der Waals surface area contributed by atoms with Crippen LogP contribution in [0.5, 0.6) is 5.75 Å². The van der Waals surface area contributed by atoms with E-state index in [0.29, 0.717) is 49.1 Å². The van der Waals surface area contributed by atoms with Crippen molar-refractivity contribution in [2.45, 2.75) is 57.1 Å². The number of rotatable bonds is 9. The molecule has 3 N–H and O–H groups in total. The zero-order chi connectivity index (χ0) is 34.0. The minimum Gasteiger partial charge on any atom is -0.507 e. The average molecular weight is 723 g/mol. The quantitative estimate of drug-likeness (QED) is 0.246. The monoisotopic (exact) mass is 721 g/mol. The zero-order valence-corrected chi connectivity index (χ0v) is 28.2. The molecule has 3 aliphatic rings. The number of hydrogen-bond donors (Lipinski definition) is 3. The highest BCUT2D eigenvalue weighted by molar-refractivity contribution is 9.10. The van der Waals surface area contributed by atoms with Gasteiger partial charge in [0.15, 0.2) is 6.10 Å². The molecule has 2 saturated heterocycles. The lowest BCUT2D eigenvalue weighted by Crippen LogP contribution is -2.50. The number of likely N-dealkylation sites (tertiary alicyclic amines) is 2. The third-order valence-corrected chi connectivity index (χ3v) is 9.72. The number of fused-ring (bicyclic) bond motifs is 1. The number of phenols is 1. The Kier molecular flexibility index (Phi) is 12.1. The number of carbonyl (C=O) groups excluding carboxylic acids is 3. The van der Waals surface area contributed by atoms with Crippen LogP contribution in [0.3, 0.4) is 0 Å². The summed E-state index contributed by atoms with van der Waals surface area (Å²) in [5.41, 5.74) is 5.42. The molecule has 0 aromatic heterocycles. The van der Waals surface area contributed by atoms with Crippen LogP contribution in [-0.2, 0) is 27.2 Å². The first-order valence-corrected chi connectivity index (χ1v) is 17.1. The maximum absolute atomic E-state index is 13.3. The molecule has 5 rings (SSSR count). The number of carboxylic acids is 1. The fourth-order valence-electron chi connectivity index (χ4n) is 6.28. The summed E-state index contributed by atoms with van der Waals surface area (Å²) in [5, 5.41) is 21.8. The van der Waals surface area contributed by atoms with E-state index in [2.05, 4.69) is 42.7 Å². The van der Waals surface area contributed by atoms with Crippen molar-refractivity contribution in [3.63, 3.8) is 0 Å². The molecular weight excluding hydrogens is 682 g/mol. The van der Waals surface area contributed by atoms with E-state index in [4.69, 9.17) is 9.84 Å². The van der Waals surface area contributed by atoms with Crippen molar-refractivity contribution in [1.29, 1.82) is 0 Å². The molecule has 0 spiro atoms. The number of hydrogen-bond acceptors (Lipinski definition) is 7. The van der Waals surface area contributed by atoms with Gasteiger partial charge in [0.05, 0.1) is 10.9 Å². The van der Waals surface area contributed by atoms with Gasteiger partial charge >= 0.3 is 18.1 Å². The molecular formula is C35H40BrN5O7. The number of carboxylic acid groups (broad SMARTS) is 1. The number of halogens is 1. The molecule has 254 valence electrons. The molecule has 13 heteroatoms. The number of phenolic OH excluding ortho intramolecular Hbond substituents is 1. The standard InChI is InChI=1S/C35H40BrN5O7/c36-28-22-25(7-8-30(28)42)23-31(33(45)37-15-3-4-24-9-16-39(17-10-24)18-14-32(43)44)48-35(47)40-19-12-27(13-20-40)41-21-11-26-5-1-2-6-29(26)38-34(41)46/h1-2,4-8,22,24,27,31,42H,9-14,16-21,23H2,(H,38,46)(H,43,44)/t31-/m1/s1. The second-order valence-electron chi connectivity index (χ2n) is 12.3. The summed E-state index contributed by atoms with van der Waals surface area (Å²) in [6.07, 6.45) is 3.68. The van der Waals surface area contributed by atoms with Crippen LogP contribution in [0.2, 0.25) is 0 Å². The van der Waals surface area contributed by atoms with Crippen molar-refractivity contribution < 1.29 is 34.1 Å². The van der Waals surface area contributed by atoms with E-state index < -0.39 is 24.1 Å². The molecule has 48 heavy (non-hydrogen) atoms. The highest BCUT2D eigenvalue weighted by atomic mass is 79.9. The summed E-state index contributed by atoms with van der Waals surface area (Å²) >= 11 is 3.29. The molecule has 12 nitrogen and oxygen atoms in total. The molecule has 3 heterocycles. The van der Waals surface area contributed by atoms with Gasteiger partial charge in [-0.05, 0) is 102 Å². The first-order valence-electron chi connectivity index (χ1n) is 16.3. The van der Waals surface area contributed by atoms with Gasteiger partial charge in [-0.2, -0.15) is 4.99 Å². The van der Waals surface area contributed by atoms with Crippen LogP contribution in [0.25, 0.3) is 0 Å². The fourth-order valence-corrected chi connectivity index (χ4v) is 6.70. The second-order valence-corrected chi connectivity index (χ2v) is 13.2. The van der Waals surface area contributed by atoms with E-state index >= 15 is 0 Å². The molecule has 0 bridgehead atoms. The van der Waals surface area contributed by atoms with E-state index in [1.807, 2.05) is 35.2 Å². The first kappa shape index (κ1) is 34.9. The number of nitrogens with one attached hydrogen (secondary N) is 1. The Morgan fingerprint density at radius 3 is 2.54 bits per heavy atom. The van der Waals surface area contributed by atoms with Crippen molar-refractivity contribution in [2.75, 3.05) is 44.6 Å². The van der Waals surface area contributed by atoms with Crippen molar-refractivity contribution >= 4 is 51.5 Å². The Balaban J connectivity index is 1.18. The maximum atomic E-state index is 13.3. The summed E-state index contributed by atoms with van der Waals surface area (Å²) in [4.78, 5) is 59.8. The highest BCUT2D eigenvalue weighted by Crippen LogP contribution is 2.27. The number of amides is 4. The molecule has 4 amide bonds. The van der Waals surface area contributed by atoms with E-state index in [1.165, 1.54) is 6.07 Å². The zero-order valence-electron chi connectivity index (χ0n) is 26.6. The lowest BCUT2D eigenvalue weighted by molar-refractivity contribution is -0.137. The number of aromatic hydroxyl groups is 1. The van der Waals surface area contributed by atoms with E-state index in [-0.39, 0.29) is 36.6 Å². The SMILES string of the molecule is O=C(O)CCN1CCC(C=C=C=NC(=O)[C@@H](Cc2ccc(O)c(Br)c2)OC(=O)N2CCC(N3CCc4ccccc4NC3=O)CC2)CC1. The maximum Gasteiger partial charge on any atom is 0.410 e. The third-order valence-electron chi connectivity index (χ3n) is 9.08. The number of ether oxygens (including phenoxy) is 1. The molecule has 1 atom stereocenters. The number of nitrogens with zero attached hydrogens (tertiary/aromatic N) is 4. The van der Waals surface area contributed by atoms with Gasteiger partial charge in [0.1, 0.15) is 5.75 Å². The predicted molar refractivity (Wildman–Crippen MR) is 182 cm³/mol. The third kappa shape index (κ3) is 9.58. The van der Waals surface area contributed by atoms with Gasteiger partial charge in [-0.15, -0.1) is 0 Å². The van der Waals surface area contributed by atoms with Crippen LogP contribution in [0.15, 0.2) is 63.7 Å². The fraction of sp³-hybridized carbons (Fsp3) is 0.457. The summed E-state index contributed by atoms with van der Waals surface area (Å²) in [6.45, 7) is 3.41. The van der Waals surface area contributed by atoms with Crippen molar-refractivity contribution in [3.8, 4) is 5.75 Å². The van der Waals surface area contributed by atoms with Crippen LogP contribution >= 0.6 is 15.9 Å². The molecule has 2 aromatic rings. The van der Waals surface area contributed by atoms with Crippen molar-refractivity contribution in [2.24, 2.45) is 10.9 Å². The minimum atomic E-state index is -1.23. The van der Waals surface area contributed by atoms with E-state index in [0.717, 1.165) is 43.6 Å². The Labute approximate surface area is 287 Å². The van der Waals surface area contributed by atoms with Gasteiger partial charge in [-0.1, -0.05) is 30.0 Å². The Hall–Kier alpha value is -4.41. The number of allylic oxidation sites excluding steroid dienone is 1. The number of benzene rings is 2. The number of aliphatic imine (C=N–C) groups is 1. The summed E-state index contributed by atoms with van der Waals surface area (Å²) < 4.78 is 6.18. The summed E-state index contributed by atoms with van der Waals surface area (Å²) in [7, 11) is 0. The van der Waals surface area contributed by atoms with Gasteiger partial charge in [-0.3, -0.25) is 9.59 Å². The Morgan fingerprint density at radius 1 is 1.06 bits per heavy atom. The molecule has 3 aliphatic heterocycles. The lowest BCUT2D eigenvalue weighted by Gasteiger charge is -2.37. The number of anilines is 1. The van der Waals surface area contributed by atoms with E-state index in [1.54, 1.807) is 17.0 Å².